The van der Waals surface area contributed by atoms with E-state index < -0.39 is 6.04 Å². The monoisotopic (exact) mass is 462 g/mol. The van der Waals surface area contributed by atoms with E-state index in [1.807, 2.05) is 58.9 Å². The second-order valence-electron chi connectivity index (χ2n) is 8.11. The summed E-state index contributed by atoms with van der Waals surface area (Å²) in [6.45, 7) is 10.1. The largest absolute Gasteiger partial charge is 0.352 e. The zero-order valence-electron chi connectivity index (χ0n) is 19.0. The molecule has 0 heterocycles. The molecule has 0 aliphatic carbocycles. The van der Waals surface area contributed by atoms with Crippen LogP contribution in [0, 0.1) is 13.8 Å². The summed E-state index contributed by atoms with van der Waals surface area (Å²) in [4.78, 5) is 28.2. The van der Waals surface area contributed by atoms with Gasteiger partial charge in [-0.05, 0) is 62.4 Å². The second kappa shape index (κ2) is 11.5. The SMILES string of the molecule is CCC(C)NC(=O)C(CC)N(Cc1ccc(Cl)cc1Cl)C(=O)Cc1cc(C)ccc1C. The molecule has 2 aromatic carbocycles. The molecule has 2 rings (SSSR count). The van der Waals surface area contributed by atoms with Gasteiger partial charge in [-0.3, -0.25) is 9.59 Å². The van der Waals surface area contributed by atoms with Crippen LogP contribution >= 0.6 is 23.2 Å². The van der Waals surface area contributed by atoms with Gasteiger partial charge in [0, 0.05) is 22.6 Å². The van der Waals surface area contributed by atoms with E-state index in [-0.39, 0.29) is 30.8 Å². The number of halogens is 2. The molecule has 0 radical (unpaired) electrons. The molecule has 0 aliphatic heterocycles. The number of rotatable bonds is 9. The lowest BCUT2D eigenvalue weighted by Crippen LogP contribution is -2.51. The standard InChI is InChI=1S/C25H32Cl2N2O2/c1-6-18(5)28-25(31)23(7-2)29(15-19-10-11-21(26)14-22(19)27)24(30)13-20-12-16(3)8-9-17(20)4/h8-12,14,18,23H,6-7,13,15H2,1-5H3,(H,28,31). The van der Waals surface area contributed by atoms with Crippen LogP contribution in [0.1, 0.15) is 55.9 Å². The minimum atomic E-state index is -0.585. The van der Waals surface area contributed by atoms with Crippen LogP contribution < -0.4 is 5.32 Å². The van der Waals surface area contributed by atoms with Crippen LogP contribution in [-0.4, -0.2) is 28.8 Å². The number of hydrogen-bond acceptors (Lipinski definition) is 2. The molecule has 1 N–H and O–H groups in total. The molecular formula is C25H32Cl2N2O2. The zero-order valence-corrected chi connectivity index (χ0v) is 20.5. The molecule has 0 bridgehead atoms. The van der Waals surface area contributed by atoms with E-state index in [2.05, 4.69) is 5.32 Å². The maximum Gasteiger partial charge on any atom is 0.243 e. The van der Waals surface area contributed by atoms with Crippen molar-refractivity contribution in [1.82, 2.24) is 10.2 Å². The van der Waals surface area contributed by atoms with Crippen LogP contribution in [-0.2, 0) is 22.6 Å². The Morgan fingerprint density at radius 2 is 1.71 bits per heavy atom. The Morgan fingerprint density at radius 1 is 1.00 bits per heavy atom. The average molecular weight is 463 g/mol. The Bertz CT molecular complexity index is 930. The summed E-state index contributed by atoms with van der Waals surface area (Å²) < 4.78 is 0. The third kappa shape index (κ3) is 6.98. The third-order valence-corrected chi connectivity index (χ3v) is 6.18. The first kappa shape index (κ1) is 25.2. The Kier molecular flexibility index (Phi) is 9.39. The molecule has 0 fully saturated rings. The highest BCUT2D eigenvalue weighted by atomic mass is 35.5. The average Bonchev–Trinajstić information content (AvgIpc) is 2.71. The molecule has 2 atom stereocenters. The predicted octanol–water partition coefficient (Wildman–Crippen LogP) is 5.87. The van der Waals surface area contributed by atoms with Crippen LogP contribution in [0.2, 0.25) is 10.0 Å². The van der Waals surface area contributed by atoms with Crippen LogP contribution in [0.3, 0.4) is 0 Å². The summed E-state index contributed by atoms with van der Waals surface area (Å²) >= 11 is 12.4. The van der Waals surface area contributed by atoms with Crippen LogP contribution in [0.5, 0.6) is 0 Å². The second-order valence-corrected chi connectivity index (χ2v) is 8.95. The lowest BCUT2D eigenvalue weighted by molar-refractivity contribution is -0.141. The van der Waals surface area contributed by atoms with E-state index in [4.69, 9.17) is 23.2 Å². The quantitative estimate of drug-likeness (QED) is 0.505. The lowest BCUT2D eigenvalue weighted by atomic mass is 10.0. The van der Waals surface area contributed by atoms with Crippen molar-refractivity contribution >= 4 is 35.0 Å². The van der Waals surface area contributed by atoms with E-state index in [1.54, 1.807) is 17.0 Å². The van der Waals surface area contributed by atoms with Crippen molar-refractivity contribution < 1.29 is 9.59 Å². The summed E-state index contributed by atoms with van der Waals surface area (Å²) in [7, 11) is 0. The number of nitrogens with one attached hydrogen (secondary N) is 1. The molecule has 4 nitrogen and oxygen atoms in total. The Labute approximate surface area is 195 Å². The van der Waals surface area contributed by atoms with Gasteiger partial charge in [0.05, 0.1) is 6.42 Å². The maximum atomic E-state index is 13.5. The van der Waals surface area contributed by atoms with Crippen molar-refractivity contribution in [3.05, 3.63) is 68.7 Å². The van der Waals surface area contributed by atoms with Gasteiger partial charge in [-0.25, -0.2) is 0 Å². The molecule has 0 saturated heterocycles. The van der Waals surface area contributed by atoms with E-state index >= 15 is 0 Å². The fraction of sp³-hybridized carbons (Fsp3) is 0.440. The van der Waals surface area contributed by atoms with E-state index in [0.29, 0.717) is 16.5 Å². The number of hydrogen-bond donors (Lipinski definition) is 1. The fourth-order valence-corrected chi connectivity index (χ4v) is 3.92. The lowest BCUT2D eigenvalue weighted by Gasteiger charge is -2.32. The minimum Gasteiger partial charge on any atom is -0.352 e. The maximum absolute atomic E-state index is 13.5. The van der Waals surface area contributed by atoms with Crippen molar-refractivity contribution in [3.8, 4) is 0 Å². The van der Waals surface area contributed by atoms with Crippen LogP contribution in [0.25, 0.3) is 0 Å². The van der Waals surface area contributed by atoms with E-state index in [1.165, 1.54) is 0 Å². The Balaban J connectivity index is 2.38. The number of carbonyl (C=O) groups excluding carboxylic acids is 2. The first-order chi connectivity index (χ1) is 14.7. The highest BCUT2D eigenvalue weighted by molar-refractivity contribution is 6.35. The molecule has 0 spiro atoms. The highest BCUT2D eigenvalue weighted by Crippen LogP contribution is 2.24. The number of amides is 2. The first-order valence-corrected chi connectivity index (χ1v) is 11.5. The molecule has 0 saturated carbocycles. The van der Waals surface area contributed by atoms with E-state index in [9.17, 15) is 9.59 Å². The van der Waals surface area contributed by atoms with Crippen LogP contribution in [0.15, 0.2) is 36.4 Å². The topological polar surface area (TPSA) is 49.4 Å². The van der Waals surface area contributed by atoms with Gasteiger partial charge in [0.2, 0.25) is 11.8 Å². The van der Waals surface area contributed by atoms with Crippen molar-refractivity contribution in [2.75, 3.05) is 0 Å². The van der Waals surface area contributed by atoms with Gasteiger partial charge in [-0.2, -0.15) is 0 Å². The van der Waals surface area contributed by atoms with Crippen LogP contribution in [0.4, 0.5) is 0 Å². The van der Waals surface area contributed by atoms with Gasteiger partial charge in [-0.1, -0.05) is 66.9 Å². The van der Waals surface area contributed by atoms with Gasteiger partial charge in [-0.15, -0.1) is 0 Å². The van der Waals surface area contributed by atoms with E-state index in [0.717, 1.165) is 28.7 Å². The normalized spacial score (nSPS) is 12.9. The summed E-state index contributed by atoms with van der Waals surface area (Å²) in [5.74, 6) is -0.248. The van der Waals surface area contributed by atoms with Gasteiger partial charge < -0.3 is 10.2 Å². The van der Waals surface area contributed by atoms with Crippen molar-refractivity contribution in [2.45, 2.75) is 72.5 Å². The Hall–Kier alpha value is -2.04. The molecule has 0 aromatic heterocycles. The summed E-state index contributed by atoms with van der Waals surface area (Å²) in [5, 5.41) is 4.03. The fourth-order valence-electron chi connectivity index (χ4n) is 3.45. The van der Waals surface area contributed by atoms with Gasteiger partial charge in [0.25, 0.3) is 0 Å². The predicted molar refractivity (Wildman–Crippen MR) is 129 cm³/mol. The molecule has 31 heavy (non-hydrogen) atoms. The minimum absolute atomic E-state index is 0.0386. The number of benzene rings is 2. The van der Waals surface area contributed by atoms with Crippen molar-refractivity contribution in [1.29, 1.82) is 0 Å². The third-order valence-electron chi connectivity index (χ3n) is 5.59. The van der Waals surface area contributed by atoms with Crippen molar-refractivity contribution in [2.24, 2.45) is 0 Å². The Morgan fingerprint density at radius 3 is 2.32 bits per heavy atom. The zero-order chi connectivity index (χ0) is 23.1. The molecule has 0 aliphatic rings. The number of nitrogens with zero attached hydrogens (tertiary/aromatic N) is 1. The van der Waals surface area contributed by atoms with Crippen molar-refractivity contribution in [3.63, 3.8) is 0 Å². The summed E-state index contributed by atoms with van der Waals surface area (Å²) in [5.41, 5.74) is 3.88. The first-order valence-electron chi connectivity index (χ1n) is 10.8. The summed E-state index contributed by atoms with van der Waals surface area (Å²) in [6.07, 6.45) is 1.56. The summed E-state index contributed by atoms with van der Waals surface area (Å²) in [6, 6.07) is 10.7. The van der Waals surface area contributed by atoms with Gasteiger partial charge >= 0.3 is 0 Å². The number of aryl methyl sites for hydroxylation is 2. The highest BCUT2D eigenvalue weighted by Gasteiger charge is 2.30. The molecular weight excluding hydrogens is 431 g/mol. The van der Waals surface area contributed by atoms with Gasteiger partial charge in [0.15, 0.2) is 0 Å². The molecule has 2 aromatic rings. The molecule has 2 amide bonds. The smallest absolute Gasteiger partial charge is 0.243 e. The number of carbonyl (C=O) groups is 2. The molecule has 168 valence electrons. The van der Waals surface area contributed by atoms with Gasteiger partial charge in [0.1, 0.15) is 6.04 Å². The molecule has 6 heteroatoms. The molecule has 2 unspecified atom stereocenters.